The highest BCUT2D eigenvalue weighted by Gasteiger charge is 2.25. The van der Waals surface area contributed by atoms with Gasteiger partial charge in [-0.15, -0.1) is 0 Å². The van der Waals surface area contributed by atoms with Gasteiger partial charge in [-0.25, -0.2) is 0 Å². The molecule has 9 aromatic rings. The Morgan fingerprint density at radius 1 is 0.259 bits per heavy atom. The molecule has 0 bridgehead atoms. The Kier molecular flexibility index (Phi) is 7.39. The number of para-hydroxylation sites is 2. The number of rotatable bonds is 6. The van der Waals surface area contributed by atoms with Gasteiger partial charge >= 0.3 is 0 Å². The molecule has 0 unspecified atom stereocenters. The molecular formula is C50H32N2S2. The van der Waals surface area contributed by atoms with Crippen LogP contribution in [0.5, 0.6) is 0 Å². The number of hydrogen-bond acceptors (Lipinski definition) is 4. The average molecular weight is 725 g/mol. The summed E-state index contributed by atoms with van der Waals surface area (Å²) in [5.41, 5.74) is 12.0. The van der Waals surface area contributed by atoms with Crippen molar-refractivity contribution in [2.75, 3.05) is 9.80 Å². The van der Waals surface area contributed by atoms with Crippen LogP contribution in [-0.2, 0) is 0 Å². The molecule has 0 aliphatic carbocycles. The van der Waals surface area contributed by atoms with Gasteiger partial charge in [-0.3, -0.25) is 0 Å². The smallest absolute Gasteiger partial charge is 0.0540 e. The van der Waals surface area contributed by atoms with Gasteiger partial charge in [-0.05, 0) is 107 Å². The Morgan fingerprint density at radius 3 is 1.07 bits per heavy atom. The summed E-state index contributed by atoms with van der Waals surface area (Å²) in [7, 11) is 0. The van der Waals surface area contributed by atoms with Crippen LogP contribution in [0.4, 0.5) is 34.1 Å². The zero-order valence-corrected chi connectivity index (χ0v) is 30.8. The number of nitrogens with zero attached hydrogens (tertiary/aromatic N) is 2. The van der Waals surface area contributed by atoms with E-state index >= 15 is 0 Å². The highest BCUT2D eigenvalue weighted by Crippen LogP contribution is 2.53. The first-order valence-corrected chi connectivity index (χ1v) is 19.9. The van der Waals surface area contributed by atoms with E-state index in [1.54, 1.807) is 0 Å². The fourth-order valence-electron chi connectivity index (χ4n) is 8.28. The van der Waals surface area contributed by atoms with E-state index < -0.39 is 0 Å². The second-order valence-corrected chi connectivity index (χ2v) is 15.8. The van der Waals surface area contributed by atoms with Gasteiger partial charge in [0.2, 0.25) is 0 Å². The van der Waals surface area contributed by atoms with Crippen molar-refractivity contribution >= 4 is 79.2 Å². The summed E-state index contributed by atoms with van der Waals surface area (Å²) in [5.74, 6) is 0. The quantitative estimate of drug-likeness (QED) is 0.168. The van der Waals surface area contributed by atoms with E-state index in [9.17, 15) is 0 Å². The molecule has 9 aromatic carbocycles. The van der Waals surface area contributed by atoms with E-state index in [0.717, 1.165) is 34.1 Å². The van der Waals surface area contributed by atoms with E-state index in [2.05, 4.69) is 204 Å². The molecule has 0 atom stereocenters. The van der Waals surface area contributed by atoms with Gasteiger partial charge in [-0.2, -0.15) is 0 Å². The second kappa shape index (κ2) is 12.7. The third-order valence-electron chi connectivity index (χ3n) is 10.6. The van der Waals surface area contributed by atoms with Crippen molar-refractivity contribution in [3.8, 4) is 22.3 Å². The standard InChI is InChI=1S/C50H32N2S2/c1-3-13-33(14-4-1)51(43-31-29-39-37-17-7-9-21-45(37)53-47-23-11-19-41(43)49(39)47)35-25-27-36(28-26-35)52(34-15-5-2-6-16-34)44-32-30-40-38-18-8-10-22-46(38)54-48-24-12-20-42(44)50(40)48/h1-32H. The van der Waals surface area contributed by atoms with Crippen molar-refractivity contribution in [1.82, 2.24) is 0 Å². The molecule has 2 nitrogen and oxygen atoms in total. The van der Waals surface area contributed by atoms with Crippen molar-refractivity contribution in [1.29, 1.82) is 0 Å². The van der Waals surface area contributed by atoms with Crippen molar-refractivity contribution in [2.24, 2.45) is 0 Å². The molecule has 0 fully saturated rings. The van der Waals surface area contributed by atoms with Gasteiger partial charge in [0, 0.05) is 63.9 Å². The van der Waals surface area contributed by atoms with Crippen LogP contribution in [0.2, 0.25) is 0 Å². The van der Waals surface area contributed by atoms with E-state index in [1.807, 2.05) is 23.5 Å². The lowest BCUT2D eigenvalue weighted by molar-refractivity contribution is 1.26. The van der Waals surface area contributed by atoms with Gasteiger partial charge in [0.15, 0.2) is 0 Å². The summed E-state index contributed by atoms with van der Waals surface area (Å²) < 4.78 is 0. The summed E-state index contributed by atoms with van der Waals surface area (Å²) in [6, 6.07) is 70.8. The first kappa shape index (κ1) is 31.3. The lowest BCUT2D eigenvalue weighted by Gasteiger charge is -2.31. The van der Waals surface area contributed by atoms with Gasteiger partial charge in [-0.1, -0.05) is 133 Å². The summed E-state index contributed by atoms with van der Waals surface area (Å²) in [6.07, 6.45) is 0. The normalized spacial score (nSPS) is 12.3. The van der Waals surface area contributed by atoms with Crippen LogP contribution >= 0.6 is 23.5 Å². The van der Waals surface area contributed by atoms with E-state index in [-0.39, 0.29) is 0 Å². The largest absolute Gasteiger partial charge is 0.310 e. The van der Waals surface area contributed by atoms with Crippen LogP contribution in [-0.4, -0.2) is 0 Å². The monoisotopic (exact) mass is 724 g/mol. The van der Waals surface area contributed by atoms with E-state index in [0.29, 0.717) is 0 Å². The maximum atomic E-state index is 2.40. The fourth-order valence-corrected chi connectivity index (χ4v) is 10.6. The zero-order chi connectivity index (χ0) is 35.6. The molecule has 0 amide bonds. The summed E-state index contributed by atoms with van der Waals surface area (Å²) >= 11 is 3.73. The third kappa shape index (κ3) is 4.98. The molecule has 2 aliphatic heterocycles. The number of anilines is 6. The zero-order valence-electron chi connectivity index (χ0n) is 29.2. The fraction of sp³-hybridized carbons (Fsp3) is 0. The molecular weight excluding hydrogens is 693 g/mol. The summed E-state index contributed by atoms with van der Waals surface area (Å²) in [5, 5.41) is 5.12. The number of benzene rings is 9. The molecule has 4 heteroatoms. The minimum absolute atomic E-state index is 1.10. The van der Waals surface area contributed by atoms with Crippen molar-refractivity contribution in [2.45, 2.75) is 19.6 Å². The minimum Gasteiger partial charge on any atom is -0.310 e. The first-order chi connectivity index (χ1) is 26.8. The molecule has 254 valence electrons. The van der Waals surface area contributed by atoms with Gasteiger partial charge in [0.25, 0.3) is 0 Å². The van der Waals surface area contributed by atoms with Crippen molar-refractivity contribution in [3.05, 3.63) is 194 Å². The van der Waals surface area contributed by atoms with Gasteiger partial charge in [0.1, 0.15) is 0 Å². The number of fused-ring (bicyclic) bond motifs is 4. The molecule has 0 N–H and O–H groups in total. The Hall–Kier alpha value is -6.20. The maximum Gasteiger partial charge on any atom is 0.0540 e. The van der Waals surface area contributed by atoms with Crippen molar-refractivity contribution < 1.29 is 0 Å². The van der Waals surface area contributed by atoms with Crippen LogP contribution in [0.15, 0.2) is 214 Å². The van der Waals surface area contributed by atoms with Crippen LogP contribution in [0.3, 0.4) is 0 Å². The highest BCUT2D eigenvalue weighted by atomic mass is 32.2. The third-order valence-corrected chi connectivity index (χ3v) is 12.9. The SMILES string of the molecule is c1ccc(N(c2ccc(N(c3ccccc3)c3ccc4c5c(cccc35)Sc3ccccc3-4)cc2)c2ccc3c4c(cccc24)Sc2ccccc2-3)cc1. The van der Waals surface area contributed by atoms with Gasteiger partial charge in [0.05, 0.1) is 11.4 Å². The summed E-state index contributed by atoms with van der Waals surface area (Å²) in [6.45, 7) is 0. The number of hydrogen-bond donors (Lipinski definition) is 0. The van der Waals surface area contributed by atoms with E-state index in [1.165, 1.54) is 63.4 Å². The first-order valence-electron chi connectivity index (χ1n) is 18.3. The highest BCUT2D eigenvalue weighted by molar-refractivity contribution is 8.00. The van der Waals surface area contributed by atoms with E-state index in [4.69, 9.17) is 0 Å². The van der Waals surface area contributed by atoms with Crippen LogP contribution in [0.1, 0.15) is 0 Å². The predicted molar refractivity (Wildman–Crippen MR) is 230 cm³/mol. The van der Waals surface area contributed by atoms with Gasteiger partial charge < -0.3 is 9.80 Å². The lowest BCUT2D eigenvalue weighted by atomic mass is 9.95. The predicted octanol–water partition coefficient (Wildman–Crippen LogP) is 15.2. The van der Waals surface area contributed by atoms with Crippen LogP contribution in [0, 0.1) is 0 Å². The molecule has 0 saturated carbocycles. The molecule has 11 rings (SSSR count). The average Bonchev–Trinajstić information content (AvgIpc) is 3.24. The summed E-state index contributed by atoms with van der Waals surface area (Å²) in [4.78, 5) is 10.0. The Bertz CT molecular complexity index is 2690. The van der Waals surface area contributed by atoms with Crippen LogP contribution < -0.4 is 9.80 Å². The molecule has 2 heterocycles. The molecule has 0 saturated heterocycles. The lowest BCUT2D eigenvalue weighted by Crippen LogP contribution is -2.13. The molecule has 2 aliphatic rings. The maximum absolute atomic E-state index is 2.40. The Labute approximate surface area is 323 Å². The van der Waals surface area contributed by atoms with Crippen LogP contribution in [0.25, 0.3) is 43.8 Å². The Morgan fingerprint density at radius 2 is 0.630 bits per heavy atom. The molecule has 54 heavy (non-hydrogen) atoms. The molecule has 0 aromatic heterocycles. The minimum atomic E-state index is 1.10. The molecule has 0 radical (unpaired) electrons. The second-order valence-electron chi connectivity index (χ2n) is 13.7. The Balaban J connectivity index is 1.07. The topological polar surface area (TPSA) is 6.48 Å². The molecule has 0 spiro atoms. The van der Waals surface area contributed by atoms with Crippen molar-refractivity contribution in [3.63, 3.8) is 0 Å².